The number of carbonyl (C=O) groups excluding carboxylic acids is 2. The second kappa shape index (κ2) is 10.6. The van der Waals surface area contributed by atoms with Gasteiger partial charge in [-0.05, 0) is 66.9 Å². The summed E-state index contributed by atoms with van der Waals surface area (Å²) in [5.74, 6) is 1.58. The number of methoxy groups -OCH3 is 4. The Bertz CT molecular complexity index is 1250. The maximum Gasteiger partial charge on any atom is 0.258 e. The highest BCUT2D eigenvalue weighted by Crippen LogP contribution is 2.38. The molecule has 8 heteroatoms. The van der Waals surface area contributed by atoms with Gasteiger partial charge in [-0.25, -0.2) is 0 Å². The summed E-state index contributed by atoms with van der Waals surface area (Å²) >= 11 is 0. The van der Waals surface area contributed by atoms with E-state index in [1.807, 2.05) is 30.0 Å². The fraction of sp³-hybridized carbons (Fsp3) is 0.286. The van der Waals surface area contributed by atoms with E-state index in [1.165, 1.54) is 21.3 Å². The van der Waals surface area contributed by atoms with Crippen molar-refractivity contribution in [1.82, 2.24) is 5.32 Å². The zero-order chi connectivity index (χ0) is 25.8. The first-order valence-corrected chi connectivity index (χ1v) is 11.6. The molecule has 0 unspecified atom stereocenters. The predicted octanol–water partition coefficient (Wildman–Crippen LogP) is 4.24. The van der Waals surface area contributed by atoms with Gasteiger partial charge in [0, 0.05) is 29.4 Å². The van der Waals surface area contributed by atoms with E-state index in [-0.39, 0.29) is 17.9 Å². The van der Waals surface area contributed by atoms with Crippen molar-refractivity contribution in [2.24, 2.45) is 0 Å². The maximum absolute atomic E-state index is 13.3. The van der Waals surface area contributed by atoms with Gasteiger partial charge < -0.3 is 29.2 Å². The van der Waals surface area contributed by atoms with Crippen LogP contribution in [-0.2, 0) is 13.0 Å². The third kappa shape index (κ3) is 4.79. The molecule has 1 heterocycles. The molecule has 0 aliphatic carbocycles. The lowest BCUT2D eigenvalue weighted by Gasteiger charge is -2.23. The Hall–Kier alpha value is -4.20. The van der Waals surface area contributed by atoms with Crippen molar-refractivity contribution in [2.75, 3.05) is 33.3 Å². The molecular weight excluding hydrogens is 460 g/mol. The van der Waals surface area contributed by atoms with E-state index in [9.17, 15) is 9.59 Å². The molecule has 0 bridgehead atoms. The molecule has 1 aliphatic rings. The SMILES string of the molecule is COc1ccc(C(=O)N2c3cc(CNC(=O)c4cc(OC)c(OC)c(OC)c4)ccc3C[C@@H]2C)cc1. The fourth-order valence-corrected chi connectivity index (χ4v) is 4.44. The largest absolute Gasteiger partial charge is 0.497 e. The number of nitrogens with zero attached hydrogens (tertiary/aromatic N) is 1. The molecule has 188 valence electrons. The minimum atomic E-state index is -0.283. The van der Waals surface area contributed by atoms with Crippen LogP contribution in [0.3, 0.4) is 0 Å². The number of hydrogen-bond donors (Lipinski definition) is 1. The second-order valence-corrected chi connectivity index (χ2v) is 8.52. The van der Waals surface area contributed by atoms with E-state index in [4.69, 9.17) is 18.9 Å². The lowest BCUT2D eigenvalue weighted by Crippen LogP contribution is -2.35. The smallest absolute Gasteiger partial charge is 0.258 e. The number of anilines is 1. The van der Waals surface area contributed by atoms with Crippen LogP contribution in [0.1, 0.15) is 38.8 Å². The van der Waals surface area contributed by atoms with Gasteiger partial charge in [0.15, 0.2) is 11.5 Å². The average molecular weight is 491 g/mol. The van der Waals surface area contributed by atoms with E-state index in [1.54, 1.807) is 43.5 Å². The molecule has 1 aliphatic heterocycles. The number of carbonyl (C=O) groups is 2. The molecule has 1 atom stereocenters. The summed E-state index contributed by atoms with van der Waals surface area (Å²) < 4.78 is 21.2. The van der Waals surface area contributed by atoms with Crippen LogP contribution >= 0.6 is 0 Å². The van der Waals surface area contributed by atoms with E-state index < -0.39 is 0 Å². The summed E-state index contributed by atoms with van der Waals surface area (Å²) in [7, 11) is 6.11. The van der Waals surface area contributed by atoms with E-state index in [0.717, 1.165) is 23.2 Å². The molecule has 2 amide bonds. The number of fused-ring (bicyclic) bond motifs is 1. The highest BCUT2D eigenvalue weighted by Gasteiger charge is 2.31. The number of benzene rings is 3. The normalized spacial score (nSPS) is 14.1. The van der Waals surface area contributed by atoms with Gasteiger partial charge in [-0.1, -0.05) is 12.1 Å². The van der Waals surface area contributed by atoms with Crippen LogP contribution in [0.2, 0.25) is 0 Å². The average Bonchev–Trinajstić information content (AvgIpc) is 3.25. The van der Waals surface area contributed by atoms with Gasteiger partial charge in [0.25, 0.3) is 11.8 Å². The molecule has 0 saturated heterocycles. The van der Waals surface area contributed by atoms with E-state index in [0.29, 0.717) is 40.7 Å². The van der Waals surface area contributed by atoms with Gasteiger partial charge in [0.1, 0.15) is 5.75 Å². The molecule has 0 fully saturated rings. The molecule has 3 aromatic carbocycles. The van der Waals surface area contributed by atoms with Crippen LogP contribution in [-0.4, -0.2) is 46.3 Å². The summed E-state index contributed by atoms with van der Waals surface area (Å²) in [6.45, 7) is 2.33. The fourth-order valence-electron chi connectivity index (χ4n) is 4.44. The lowest BCUT2D eigenvalue weighted by molar-refractivity contribution is 0.0947. The van der Waals surface area contributed by atoms with E-state index >= 15 is 0 Å². The van der Waals surface area contributed by atoms with Crippen LogP contribution in [0.15, 0.2) is 54.6 Å². The van der Waals surface area contributed by atoms with E-state index in [2.05, 4.69) is 5.32 Å². The third-order valence-corrected chi connectivity index (χ3v) is 6.30. The monoisotopic (exact) mass is 490 g/mol. The van der Waals surface area contributed by atoms with Crippen LogP contribution in [0, 0.1) is 0 Å². The standard InChI is InChI=1S/C28H30N2O6/c1-17-12-20-7-6-18(13-23(20)30(17)28(32)19-8-10-22(33-2)11-9-19)16-29-27(31)21-14-24(34-3)26(36-5)25(15-21)35-4/h6-11,13-15,17H,12,16H2,1-5H3,(H,29,31)/t17-/m0/s1. The van der Waals surface area contributed by atoms with Gasteiger partial charge in [0.2, 0.25) is 5.75 Å². The molecule has 0 spiro atoms. The van der Waals surface area contributed by atoms with Crippen LogP contribution in [0.4, 0.5) is 5.69 Å². The summed E-state index contributed by atoms with van der Waals surface area (Å²) in [6.07, 6.45) is 0.773. The molecule has 3 aromatic rings. The summed E-state index contributed by atoms with van der Waals surface area (Å²) in [4.78, 5) is 28.1. The lowest BCUT2D eigenvalue weighted by atomic mass is 10.1. The van der Waals surface area contributed by atoms with Crippen molar-refractivity contribution in [3.8, 4) is 23.0 Å². The molecule has 4 rings (SSSR count). The minimum Gasteiger partial charge on any atom is -0.497 e. The maximum atomic E-state index is 13.3. The second-order valence-electron chi connectivity index (χ2n) is 8.52. The predicted molar refractivity (Wildman–Crippen MR) is 137 cm³/mol. The van der Waals surface area contributed by atoms with Crippen molar-refractivity contribution < 1.29 is 28.5 Å². The Balaban J connectivity index is 1.52. The summed E-state index contributed by atoms with van der Waals surface area (Å²) in [5, 5.41) is 2.94. The Morgan fingerprint density at radius 2 is 1.53 bits per heavy atom. The van der Waals surface area contributed by atoms with Gasteiger partial charge in [0.05, 0.1) is 28.4 Å². The Morgan fingerprint density at radius 3 is 2.11 bits per heavy atom. The number of ether oxygens (including phenoxy) is 4. The first-order valence-electron chi connectivity index (χ1n) is 11.6. The third-order valence-electron chi connectivity index (χ3n) is 6.30. The van der Waals surface area contributed by atoms with Gasteiger partial charge in [-0.2, -0.15) is 0 Å². The topological polar surface area (TPSA) is 86.3 Å². The molecular formula is C28H30N2O6. The van der Waals surface area contributed by atoms with Crippen LogP contribution in [0.5, 0.6) is 23.0 Å². The molecule has 8 nitrogen and oxygen atoms in total. The quantitative estimate of drug-likeness (QED) is 0.508. The van der Waals surface area contributed by atoms with Crippen LogP contribution < -0.4 is 29.2 Å². The molecule has 0 radical (unpaired) electrons. The minimum absolute atomic E-state index is 0.0265. The highest BCUT2D eigenvalue weighted by atomic mass is 16.5. The Labute approximate surface area is 210 Å². The molecule has 36 heavy (non-hydrogen) atoms. The van der Waals surface area contributed by atoms with Crippen molar-refractivity contribution in [1.29, 1.82) is 0 Å². The first-order chi connectivity index (χ1) is 17.4. The summed E-state index contributed by atoms with van der Waals surface area (Å²) in [6, 6.07) is 16.3. The Morgan fingerprint density at radius 1 is 0.861 bits per heavy atom. The van der Waals surface area contributed by atoms with Gasteiger partial charge >= 0.3 is 0 Å². The highest BCUT2D eigenvalue weighted by molar-refractivity contribution is 6.08. The van der Waals surface area contributed by atoms with Crippen LogP contribution in [0.25, 0.3) is 0 Å². The first kappa shape index (κ1) is 24.9. The molecule has 1 N–H and O–H groups in total. The van der Waals surface area contributed by atoms with Gasteiger partial charge in [-0.15, -0.1) is 0 Å². The Kier molecular flexibility index (Phi) is 7.33. The summed E-state index contributed by atoms with van der Waals surface area (Å²) in [5.41, 5.74) is 3.83. The zero-order valence-electron chi connectivity index (χ0n) is 21.1. The van der Waals surface area contributed by atoms with Gasteiger partial charge in [-0.3, -0.25) is 9.59 Å². The number of rotatable bonds is 8. The molecule has 0 aromatic heterocycles. The van der Waals surface area contributed by atoms with Crippen molar-refractivity contribution in [2.45, 2.75) is 25.9 Å². The number of amides is 2. The number of hydrogen-bond acceptors (Lipinski definition) is 6. The molecule has 0 saturated carbocycles. The zero-order valence-corrected chi connectivity index (χ0v) is 21.1. The van der Waals surface area contributed by atoms with Crippen molar-refractivity contribution >= 4 is 17.5 Å². The number of nitrogens with one attached hydrogen (secondary N) is 1. The van der Waals surface area contributed by atoms with Crippen molar-refractivity contribution in [3.05, 3.63) is 76.9 Å². The van der Waals surface area contributed by atoms with Crippen molar-refractivity contribution in [3.63, 3.8) is 0 Å².